The standard InChI is InChI=1S/C90H154N14O37/c91-98-93-28-10-3-8-17-77(114)94-90(62-133-32-24-71(111)14-6-1-4-12-68(108)21-18-65-56-102(99-95-65)29-35-124-38-41-127-44-47-130-50-53-136-87-84(121)81(118)78(115)73(59-105)139-87,63-134-33-25-72(112)15-7-2-5-13-69(109)22-19-66-57-103(100-96-66)30-36-125-39-42-128-45-48-131-51-54-137-88-85(122)82(119)79(116)74(60-106)140-88)64-135-34-26-76(113)92-27-11-9-16-70(110)23-20-67-58-104(101-97-67)31-37-126-40-43-129-46-49-132-52-55-138-89-86(123)83(120)80(117)75(61-107)141-89/h56-58,73-75,78-89,105-107,115-123H,1-55,59-64H2,(H,92,113)(H,94,114)/t73?,74?,75?,78-,79-,80-,81+,82+,83+,84?,85?,86?,87+,88+,89+,90?/m1/s1. The maximum absolute atomic E-state index is 13.8. The molecule has 806 valence electrons. The van der Waals surface area contributed by atoms with Gasteiger partial charge < -0.3 is 157 Å². The highest BCUT2D eigenvalue weighted by Crippen LogP contribution is 2.26. The number of aryl methyl sites for hydroxylation is 3. The Hall–Kier alpha value is -7.18. The molecule has 6 rings (SSSR count). The molecule has 15 atom stereocenters. The minimum atomic E-state index is -1.53. The molecule has 3 aromatic heterocycles. The normalized spacial score (nSPS) is 21.9. The molecule has 6 heterocycles. The number of nitrogens with zero attached hydrogens (tertiary/aromatic N) is 12. The summed E-state index contributed by atoms with van der Waals surface area (Å²) in [6, 6.07) is 0. The van der Waals surface area contributed by atoms with Gasteiger partial charge in [-0.2, -0.15) is 0 Å². The van der Waals surface area contributed by atoms with Crippen molar-refractivity contribution >= 4 is 40.7 Å². The molecule has 0 aromatic carbocycles. The van der Waals surface area contributed by atoms with Gasteiger partial charge in [-0.1, -0.05) is 40.0 Å². The van der Waals surface area contributed by atoms with Crippen molar-refractivity contribution in [2.45, 2.75) is 284 Å². The number of amides is 2. The van der Waals surface area contributed by atoms with Gasteiger partial charge >= 0.3 is 0 Å². The van der Waals surface area contributed by atoms with E-state index in [9.17, 15) is 94.8 Å². The third kappa shape index (κ3) is 53.1. The number of aliphatic hydroxyl groups is 12. The molecule has 0 saturated carbocycles. The minimum absolute atomic E-state index is 0.0194. The van der Waals surface area contributed by atoms with Crippen molar-refractivity contribution in [3.63, 3.8) is 0 Å². The largest absolute Gasteiger partial charge is 0.394 e. The molecule has 0 spiro atoms. The number of unbranched alkanes of at least 4 members (excludes halogenated alkanes) is 7. The van der Waals surface area contributed by atoms with Crippen molar-refractivity contribution in [2.24, 2.45) is 5.11 Å². The molecule has 6 unspecified atom stereocenters. The molecule has 51 nitrogen and oxygen atoms in total. The van der Waals surface area contributed by atoms with E-state index in [0.717, 1.165) is 0 Å². The van der Waals surface area contributed by atoms with Crippen molar-refractivity contribution in [3.8, 4) is 0 Å². The van der Waals surface area contributed by atoms with Crippen LogP contribution in [0.5, 0.6) is 0 Å². The first-order valence-corrected chi connectivity index (χ1v) is 49.0. The van der Waals surface area contributed by atoms with Crippen molar-refractivity contribution in [1.29, 1.82) is 0 Å². The van der Waals surface area contributed by atoms with E-state index in [1.165, 1.54) is 0 Å². The zero-order valence-corrected chi connectivity index (χ0v) is 81.0. The van der Waals surface area contributed by atoms with Gasteiger partial charge in [-0.15, -0.1) is 15.3 Å². The number of nitrogens with one attached hydrogen (secondary N) is 2. The highest BCUT2D eigenvalue weighted by atomic mass is 16.7. The summed E-state index contributed by atoms with van der Waals surface area (Å²) in [5.74, 6) is -0.664. The van der Waals surface area contributed by atoms with Crippen LogP contribution in [-0.2, 0) is 158 Å². The number of carbonyl (C=O) groups excluding carboxylic acids is 7. The average Bonchev–Trinajstić information content (AvgIpc) is 1.42. The number of ketones is 5. The van der Waals surface area contributed by atoms with Gasteiger partial charge in [0.05, 0.1) is 235 Å². The van der Waals surface area contributed by atoms with Crippen LogP contribution in [0.2, 0.25) is 0 Å². The molecule has 0 radical (unpaired) electrons. The lowest BCUT2D eigenvalue weighted by atomic mass is 9.99. The van der Waals surface area contributed by atoms with Crippen LogP contribution in [-0.4, -0.2) is 456 Å². The number of azide groups is 1. The van der Waals surface area contributed by atoms with Crippen LogP contribution in [0, 0.1) is 0 Å². The first kappa shape index (κ1) is 123. The quantitative estimate of drug-likeness (QED) is 0.0118. The number of aromatic nitrogens is 9. The molecular weight excluding hydrogens is 1870 g/mol. The molecule has 3 aliphatic rings. The maximum Gasteiger partial charge on any atom is 0.222 e. The summed E-state index contributed by atoms with van der Waals surface area (Å²) in [4.78, 5) is 95.0. The molecule has 3 aliphatic heterocycles. The van der Waals surface area contributed by atoms with Crippen molar-refractivity contribution in [2.75, 3.05) is 211 Å². The van der Waals surface area contributed by atoms with Gasteiger partial charge in [0, 0.05) is 114 Å². The zero-order valence-electron chi connectivity index (χ0n) is 81.0. The molecule has 3 saturated heterocycles. The minimum Gasteiger partial charge on any atom is -0.394 e. The average molecular weight is 2020 g/mol. The number of aliphatic hydroxyl groups excluding tert-OH is 12. The van der Waals surface area contributed by atoms with Crippen molar-refractivity contribution < 1.29 is 180 Å². The Morgan fingerprint density at radius 3 is 0.950 bits per heavy atom. The molecule has 14 N–H and O–H groups in total. The lowest BCUT2D eigenvalue weighted by Crippen LogP contribution is -2.59. The Kier molecular flexibility index (Phi) is 65.6. The van der Waals surface area contributed by atoms with E-state index in [1.807, 2.05) is 0 Å². The number of hydrogen-bond acceptors (Lipinski definition) is 44. The molecule has 51 heteroatoms. The molecule has 141 heavy (non-hydrogen) atoms. The van der Waals surface area contributed by atoms with Crippen LogP contribution >= 0.6 is 0 Å². The van der Waals surface area contributed by atoms with E-state index >= 15 is 0 Å². The Balaban J connectivity index is 0.853. The second-order valence-corrected chi connectivity index (χ2v) is 34.3. The topological polar surface area (TPSA) is 693 Å². The first-order valence-electron chi connectivity index (χ1n) is 49.0. The van der Waals surface area contributed by atoms with Crippen LogP contribution in [0.4, 0.5) is 0 Å². The monoisotopic (exact) mass is 2020 g/mol. The van der Waals surface area contributed by atoms with Crippen LogP contribution in [0.25, 0.3) is 10.4 Å². The smallest absolute Gasteiger partial charge is 0.222 e. The summed E-state index contributed by atoms with van der Waals surface area (Å²) < 4.78 is 105. The van der Waals surface area contributed by atoms with E-state index in [2.05, 4.69) is 51.6 Å². The van der Waals surface area contributed by atoms with Gasteiger partial charge in [0.15, 0.2) is 18.9 Å². The van der Waals surface area contributed by atoms with Gasteiger partial charge in [-0.3, -0.25) is 33.6 Å². The van der Waals surface area contributed by atoms with Gasteiger partial charge in [0.25, 0.3) is 0 Å². The predicted octanol–water partition coefficient (Wildman–Crippen LogP) is -2.76. The van der Waals surface area contributed by atoms with Gasteiger partial charge in [0.1, 0.15) is 108 Å². The highest BCUT2D eigenvalue weighted by Gasteiger charge is 2.47. The second-order valence-electron chi connectivity index (χ2n) is 34.3. The Bertz CT molecular complexity index is 3530. The van der Waals surface area contributed by atoms with E-state index in [-0.39, 0.29) is 224 Å². The fourth-order valence-corrected chi connectivity index (χ4v) is 14.5. The summed E-state index contributed by atoms with van der Waals surface area (Å²) >= 11 is 0. The lowest BCUT2D eigenvalue weighted by Gasteiger charge is -2.39. The molecule has 3 aromatic rings. The van der Waals surface area contributed by atoms with Gasteiger partial charge in [-0.25, -0.2) is 14.0 Å². The Labute approximate surface area is 820 Å². The molecule has 0 bridgehead atoms. The second kappa shape index (κ2) is 75.5. The molecular formula is C90H154N14O37. The number of hydrogen-bond donors (Lipinski definition) is 14. The van der Waals surface area contributed by atoms with E-state index < -0.39 is 117 Å². The van der Waals surface area contributed by atoms with Gasteiger partial charge in [-0.05, 0) is 76.2 Å². The van der Waals surface area contributed by atoms with Crippen LogP contribution in [0.1, 0.15) is 165 Å². The van der Waals surface area contributed by atoms with Crippen molar-refractivity contribution in [1.82, 2.24) is 55.6 Å². The fraction of sp³-hybridized carbons (Fsp3) is 0.856. The summed E-state index contributed by atoms with van der Waals surface area (Å²) in [7, 11) is 0. The first-order chi connectivity index (χ1) is 68.4. The summed E-state index contributed by atoms with van der Waals surface area (Å²) in [6.45, 7) is 4.51. The lowest BCUT2D eigenvalue weighted by molar-refractivity contribution is -0.302. The van der Waals surface area contributed by atoms with Crippen LogP contribution in [0.3, 0.4) is 0 Å². The molecule has 2 amide bonds. The predicted molar refractivity (Wildman–Crippen MR) is 489 cm³/mol. The highest BCUT2D eigenvalue weighted by molar-refractivity contribution is 5.80. The third-order valence-electron chi connectivity index (χ3n) is 22.8. The van der Waals surface area contributed by atoms with E-state index in [0.29, 0.717) is 212 Å². The van der Waals surface area contributed by atoms with Crippen molar-refractivity contribution in [3.05, 3.63) is 46.1 Å². The fourth-order valence-electron chi connectivity index (χ4n) is 14.5. The van der Waals surface area contributed by atoms with Gasteiger partial charge in [0.2, 0.25) is 11.8 Å². The maximum atomic E-state index is 13.8. The number of Topliss-reactive ketones (excluding diaryl/α,β-unsaturated/α-hetero) is 5. The third-order valence-corrected chi connectivity index (χ3v) is 22.8. The SMILES string of the molecule is [N-]=[N+]=NCCCCCC(=O)NC(COCCC(=O)CCCCCC(=O)CCc1cn(CCOCCOCCOCCO[C@H]2OC(CO)[C@@H](O)[C@H](O)C2O)nn1)(COCCC(=O)CCCCCC(=O)CCc1cn(CCOCCOCCOCCO[C@H]2OC(CO)[C@@H](O)[C@H](O)C2O)nn1)COCCC(=O)NCCCCC(=O)CCc1cn(CCOCCOCCOCCO[C@H]2OC(CO)[C@@H](O)[C@H](O)C2O)nn1. The summed E-state index contributed by atoms with van der Waals surface area (Å²) in [5.41, 5.74) is 9.39. The van der Waals surface area contributed by atoms with E-state index in [4.69, 9.17) is 90.8 Å². The number of ether oxygens (including phenoxy) is 18. The Morgan fingerprint density at radius 2 is 0.624 bits per heavy atom. The van der Waals surface area contributed by atoms with Crippen LogP contribution in [0.15, 0.2) is 23.7 Å². The summed E-state index contributed by atoms with van der Waals surface area (Å²) in [5, 5.41) is 152. The Morgan fingerprint density at radius 1 is 0.333 bits per heavy atom. The zero-order chi connectivity index (χ0) is 102. The summed E-state index contributed by atoms with van der Waals surface area (Å²) in [6.07, 6.45) is -5.29. The van der Waals surface area contributed by atoms with E-state index in [1.54, 1.807) is 32.6 Å². The van der Waals surface area contributed by atoms with Crippen LogP contribution < -0.4 is 10.6 Å². The number of rotatable bonds is 90. The number of carbonyl (C=O) groups is 7. The molecule has 3 fully saturated rings. The molecule has 0 aliphatic carbocycles.